The van der Waals surface area contributed by atoms with Gasteiger partial charge in [-0.05, 0) is 55.7 Å². The van der Waals surface area contributed by atoms with Gasteiger partial charge in [0.25, 0.3) is 0 Å². The van der Waals surface area contributed by atoms with Crippen molar-refractivity contribution in [3.05, 3.63) is 57.6 Å². The molecule has 1 aliphatic carbocycles. The second kappa shape index (κ2) is 9.57. The van der Waals surface area contributed by atoms with Gasteiger partial charge in [-0.1, -0.05) is 32.9 Å². The van der Waals surface area contributed by atoms with E-state index in [1.165, 1.54) is 34.7 Å². The summed E-state index contributed by atoms with van der Waals surface area (Å²) in [7, 11) is 0. The Hall–Kier alpha value is -2.47. The third kappa shape index (κ3) is 5.29. The van der Waals surface area contributed by atoms with Crippen molar-refractivity contribution in [3.8, 4) is 0 Å². The van der Waals surface area contributed by atoms with Gasteiger partial charge in [0.2, 0.25) is 11.8 Å². The molecule has 0 bridgehead atoms. The molecule has 32 heavy (non-hydrogen) atoms. The molecule has 2 amide bonds. The predicted molar refractivity (Wildman–Crippen MR) is 130 cm³/mol. The van der Waals surface area contributed by atoms with E-state index in [1.807, 2.05) is 17.0 Å². The number of fused-ring (bicyclic) bond motifs is 1. The smallest absolute Gasteiger partial charge is 0.248 e. The number of piperidine rings is 1. The number of carbonyl (C=O) groups is 2. The van der Waals surface area contributed by atoms with Gasteiger partial charge in [-0.3, -0.25) is 9.59 Å². The van der Waals surface area contributed by atoms with Crippen LogP contribution in [0.2, 0.25) is 0 Å². The number of carbonyl (C=O) groups excluding carboxylic acids is 2. The SMILES string of the molecule is CC(C)(C)c1csc(C2CCN(C(=O)C=CC(=O)Nc3cccc4c3CCCC4)CC2)n1. The highest BCUT2D eigenvalue weighted by Crippen LogP contribution is 2.33. The molecule has 1 N–H and O–H groups in total. The molecule has 1 aliphatic heterocycles. The monoisotopic (exact) mass is 451 g/mol. The molecule has 1 saturated heterocycles. The highest BCUT2D eigenvalue weighted by atomic mass is 32.1. The van der Waals surface area contributed by atoms with E-state index >= 15 is 0 Å². The van der Waals surface area contributed by atoms with E-state index < -0.39 is 0 Å². The molecule has 2 heterocycles. The number of hydrogen-bond donors (Lipinski definition) is 1. The molecule has 1 aromatic heterocycles. The van der Waals surface area contributed by atoms with Crippen molar-refractivity contribution in [1.29, 1.82) is 0 Å². The number of thiazole rings is 1. The van der Waals surface area contributed by atoms with Crippen LogP contribution in [-0.4, -0.2) is 34.8 Å². The van der Waals surface area contributed by atoms with E-state index in [0.717, 1.165) is 43.5 Å². The van der Waals surface area contributed by atoms with Gasteiger partial charge < -0.3 is 10.2 Å². The number of hydrogen-bond acceptors (Lipinski definition) is 4. The number of likely N-dealkylation sites (tertiary alicyclic amines) is 1. The third-order valence-electron chi connectivity index (χ3n) is 6.48. The first kappa shape index (κ1) is 22.7. The molecule has 4 rings (SSSR count). The third-order valence-corrected chi connectivity index (χ3v) is 7.48. The van der Waals surface area contributed by atoms with Crippen LogP contribution in [0.25, 0.3) is 0 Å². The number of aromatic nitrogens is 1. The summed E-state index contributed by atoms with van der Waals surface area (Å²) >= 11 is 1.74. The lowest BCUT2D eigenvalue weighted by Crippen LogP contribution is -2.37. The Kier molecular flexibility index (Phi) is 6.79. The van der Waals surface area contributed by atoms with Crippen LogP contribution in [0, 0.1) is 0 Å². The van der Waals surface area contributed by atoms with Crippen LogP contribution in [0.5, 0.6) is 0 Å². The Morgan fingerprint density at radius 1 is 1.12 bits per heavy atom. The van der Waals surface area contributed by atoms with Gasteiger partial charge in [0.05, 0.1) is 10.7 Å². The zero-order valence-electron chi connectivity index (χ0n) is 19.3. The number of rotatable bonds is 4. The van der Waals surface area contributed by atoms with Crippen LogP contribution in [0.15, 0.2) is 35.7 Å². The first-order chi connectivity index (χ1) is 15.3. The van der Waals surface area contributed by atoms with E-state index in [-0.39, 0.29) is 17.2 Å². The molecule has 1 aromatic carbocycles. The standard InChI is InChI=1S/C26H33N3O2S/c1-26(2,3)22-17-32-25(28-22)19-13-15-29(16-14-19)24(31)12-11-23(30)27-21-10-6-8-18-7-4-5-9-20(18)21/h6,8,10-12,17,19H,4-5,7,9,13-16H2,1-3H3,(H,27,30). The molecule has 5 nitrogen and oxygen atoms in total. The van der Waals surface area contributed by atoms with E-state index in [1.54, 1.807) is 11.3 Å². The lowest BCUT2D eigenvalue weighted by atomic mass is 9.90. The van der Waals surface area contributed by atoms with Crippen LogP contribution >= 0.6 is 11.3 Å². The van der Waals surface area contributed by atoms with Crippen molar-refractivity contribution in [2.24, 2.45) is 0 Å². The molecule has 1 fully saturated rings. The van der Waals surface area contributed by atoms with Gasteiger partial charge in [0.1, 0.15) is 0 Å². The summed E-state index contributed by atoms with van der Waals surface area (Å²) in [5, 5.41) is 6.32. The lowest BCUT2D eigenvalue weighted by molar-refractivity contribution is -0.127. The molecular formula is C26H33N3O2S. The minimum Gasteiger partial charge on any atom is -0.339 e. The highest BCUT2D eigenvalue weighted by molar-refractivity contribution is 7.09. The average Bonchev–Trinajstić information content (AvgIpc) is 3.29. The van der Waals surface area contributed by atoms with Crippen molar-refractivity contribution in [3.63, 3.8) is 0 Å². The topological polar surface area (TPSA) is 62.3 Å². The molecule has 0 atom stereocenters. The minimum atomic E-state index is -0.246. The van der Waals surface area contributed by atoms with Gasteiger partial charge in [0.15, 0.2) is 0 Å². The molecule has 0 radical (unpaired) electrons. The summed E-state index contributed by atoms with van der Waals surface area (Å²) in [5.74, 6) is 0.0737. The Bertz CT molecular complexity index is 1010. The van der Waals surface area contributed by atoms with Crippen molar-refractivity contribution in [2.45, 2.75) is 70.6 Å². The average molecular weight is 452 g/mol. The fourth-order valence-corrected chi connectivity index (χ4v) is 5.71. The molecule has 2 aliphatic rings. The number of amides is 2. The maximum atomic E-state index is 12.6. The summed E-state index contributed by atoms with van der Waals surface area (Å²) in [5.41, 5.74) is 4.65. The zero-order chi connectivity index (χ0) is 22.7. The molecule has 0 unspecified atom stereocenters. The lowest BCUT2D eigenvalue weighted by Gasteiger charge is -2.30. The van der Waals surface area contributed by atoms with E-state index in [4.69, 9.17) is 4.98 Å². The number of aryl methyl sites for hydroxylation is 1. The van der Waals surface area contributed by atoms with E-state index in [0.29, 0.717) is 19.0 Å². The van der Waals surface area contributed by atoms with Gasteiger partial charge in [-0.15, -0.1) is 11.3 Å². The maximum absolute atomic E-state index is 12.6. The summed E-state index contributed by atoms with van der Waals surface area (Å²) in [4.78, 5) is 31.7. The van der Waals surface area contributed by atoms with Crippen molar-refractivity contribution in [2.75, 3.05) is 18.4 Å². The Balaban J connectivity index is 1.29. The summed E-state index contributed by atoms with van der Waals surface area (Å²) < 4.78 is 0. The first-order valence-corrected chi connectivity index (χ1v) is 12.5. The summed E-state index contributed by atoms with van der Waals surface area (Å²) in [6, 6.07) is 6.08. The number of nitrogens with zero attached hydrogens (tertiary/aromatic N) is 2. The van der Waals surface area contributed by atoms with Gasteiger partial charge >= 0.3 is 0 Å². The van der Waals surface area contributed by atoms with Gasteiger partial charge in [0, 0.05) is 47.6 Å². The van der Waals surface area contributed by atoms with Crippen LogP contribution < -0.4 is 5.32 Å². The molecule has 0 spiro atoms. The fraction of sp³-hybridized carbons (Fsp3) is 0.500. The number of nitrogens with one attached hydrogen (secondary N) is 1. The number of anilines is 1. The van der Waals surface area contributed by atoms with Crippen LogP contribution in [-0.2, 0) is 27.8 Å². The Morgan fingerprint density at radius 3 is 2.59 bits per heavy atom. The van der Waals surface area contributed by atoms with Crippen LogP contribution in [0.4, 0.5) is 5.69 Å². The zero-order valence-corrected chi connectivity index (χ0v) is 20.1. The number of benzene rings is 1. The molecule has 2 aromatic rings. The molecular weight excluding hydrogens is 418 g/mol. The first-order valence-electron chi connectivity index (χ1n) is 11.7. The highest BCUT2D eigenvalue weighted by Gasteiger charge is 2.26. The van der Waals surface area contributed by atoms with Crippen molar-refractivity contribution in [1.82, 2.24) is 9.88 Å². The van der Waals surface area contributed by atoms with Gasteiger partial charge in [-0.25, -0.2) is 4.98 Å². The minimum absolute atomic E-state index is 0.0653. The second-order valence-corrected chi connectivity index (χ2v) is 10.8. The molecule has 6 heteroatoms. The normalized spacial score (nSPS) is 17.4. The molecule has 0 saturated carbocycles. The van der Waals surface area contributed by atoms with Crippen molar-refractivity contribution >= 4 is 28.8 Å². The Labute approximate surface area is 194 Å². The van der Waals surface area contributed by atoms with E-state index in [9.17, 15) is 9.59 Å². The summed E-state index contributed by atoms with van der Waals surface area (Å²) in [6.45, 7) is 7.95. The molecule has 170 valence electrons. The van der Waals surface area contributed by atoms with Gasteiger partial charge in [-0.2, -0.15) is 0 Å². The largest absolute Gasteiger partial charge is 0.339 e. The fourth-order valence-electron chi connectivity index (χ4n) is 4.49. The second-order valence-electron chi connectivity index (χ2n) is 9.89. The van der Waals surface area contributed by atoms with E-state index in [2.05, 4.69) is 37.5 Å². The maximum Gasteiger partial charge on any atom is 0.248 e. The Morgan fingerprint density at radius 2 is 1.88 bits per heavy atom. The van der Waals surface area contributed by atoms with Crippen molar-refractivity contribution < 1.29 is 9.59 Å². The quantitative estimate of drug-likeness (QED) is 0.648. The predicted octanol–water partition coefficient (Wildman–Crippen LogP) is 5.22. The van der Waals surface area contributed by atoms with Crippen LogP contribution in [0.1, 0.15) is 74.2 Å². The van der Waals surface area contributed by atoms with Crippen LogP contribution in [0.3, 0.4) is 0 Å². The summed E-state index contributed by atoms with van der Waals surface area (Å²) in [6.07, 6.45) is 9.04.